The van der Waals surface area contributed by atoms with Gasteiger partial charge in [0.25, 0.3) is 0 Å². The summed E-state index contributed by atoms with van der Waals surface area (Å²) in [6.45, 7) is 4.09. The van der Waals surface area contributed by atoms with E-state index < -0.39 is 0 Å². The maximum atomic E-state index is 14.1. The molecule has 3 aromatic heterocycles. The van der Waals surface area contributed by atoms with E-state index in [1.165, 1.54) is 6.07 Å². The number of likely N-dealkylation sites (tertiary alicyclic amines) is 1. The number of ether oxygens (including phenoxy) is 2. The standard InChI is InChI=1S/C27H28BrClFN5O2/c1-36-12-11-35-24-13-20(28)15-31-27(24)33-25(35)16-34-9-7-18(8-10-34)23-3-2-4-26(32-23)37-17-19-5-6-21(29)14-22(19)30/h2-6,13-15,18H,7-12,16-17H2,1H3. The van der Waals surface area contributed by atoms with E-state index >= 15 is 0 Å². The lowest BCUT2D eigenvalue weighted by Gasteiger charge is -2.31. The summed E-state index contributed by atoms with van der Waals surface area (Å²) in [5.74, 6) is 1.46. The zero-order chi connectivity index (χ0) is 25.8. The number of fused-ring (bicyclic) bond motifs is 1. The predicted molar refractivity (Wildman–Crippen MR) is 144 cm³/mol. The largest absolute Gasteiger partial charge is 0.473 e. The number of piperidine rings is 1. The van der Waals surface area contributed by atoms with Crippen LogP contribution in [0.2, 0.25) is 5.02 Å². The fourth-order valence-corrected chi connectivity index (χ4v) is 5.17. The van der Waals surface area contributed by atoms with Crippen molar-refractivity contribution in [1.29, 1.82) is 0 Å². The molecule has 0 atom stereocenters. The first-order valence-electron chi connectivity index (χ1n) is 12.3. The number of hydrogen-bond donors (Lipinski definition) is 0. The molecule has 0 saturated carbocycles. The summed E-state index contributed by atoms with van der Waals surface area (Å²) in [6, 6.07) is 12.4. The Morgan fingerprint density at radius 2 is 1.97 bits per heavy atom. The van der Waals surface area contributed by atoms with Crippen molar-refractivity contribution < 1.29 is 13.9 Å². The molecular formula is C27H28BrClFN5O2. The van der Waals surface area contributed by atoms with Gasteiger partial charge in [-0.25, -0.2) is 19.3 Å². The van der Waals surface area contributed by atoms with Gasteiger partial charge in [0, 0.05) is 52.6 Å². The number of halogens is 3. The van der Waals surface area contributed by atoms with Crippen LogP contribution in [-0.4, -0.2) is 51.2 Å². The quantitative estimate of drug-likeness (QED) is 0.240. The zero-order valence-corrected chi connectivity index (χ0v) is 22.9. The SMILES string of the molecule is COCCn1c(CN2CCC(c3cccc(OCc4ccc(Cl)cc4F)n3)CC2)nc2ncc(Br)cc21. The summed E-state index contributed by atoms with van der Waals surface area (Å²) in [7, 11) is 1.71. The maximum absolute atomic E-state index is 14.1. The maximum Gasteiger partial charge on any atom is 0.213 e. The minimum atomic E-state index is -0.379. The Bertz CT molecular complexity index is 1380. The van der Waals surface area contributed by atoms with Crippen LogP contribution in [0, 0.1) is 5.82 Å². The van der Waals surface area contributed by atoms with E-state index in [-0.39, 0.29) is 12.4 Å². The summed E-state index contributed by atoms with van der Waals surface area (Å²) in [5.41, 5.74) is 3.22. The van der Waals surface area contributed by atoms with E-state index in [4.69, 9.17) is 31.0 Å². The lowest BCUT2D eigenvalue weighted by Crippen LogP contribution is -2.33. The topological polar surface area (TPSA) is 65.3 Å². The van der Waals surface area contributed by atoms with Crippen LogP contribution in [0.3, 0.4) is 0 Å². The monoisotopic (exact) mass is 587 g/mol. The molecule has 7 nitrogen and oxygen atoms in total. The number of nitrogens with zero attached hydrogens (tertiary/aromatic N) is 5. The van der Waals surface area contributed by atoms with Gasteiger partial charge in [-0.15, -0.1) is 0 Å². The van der Waals surface area contributed by atoms with E-state index in [2.05, 4.69) is 36.4 Å². The van der Waals surface area contributed by atoms with Crippen molar-refractivity contribution >= 4 is 38.7 Å². The van der Waals surface area contributed by atoms with Crippen LogP contribution in [0.1, 0.15) is 35.8 Å². The van der Waals surface area contributed by atoms with Gasteiger partial charge in [-0.1, -0.05) is 23.7 Å². The number of aromatic nitrogens is 4. The molecule has 1 aliphatic rings. The van der Waals surface area contributed by atoms with Crippen molar-refractivity contribution in [2.45, 2.75) is 38.5 Å². The smallest absolute Gasteiger partial charge is 0.213 e. The van der Waals surface area contributed by atoms with Crippen LogP contribution in [0.25, 0.3) is 11.2 Å². The highest BCUT2D eigenvalue weighted by Gasteiger charge is 2.24. The molecule has 1 saturated heterocycles. The molecule has 0 amide bonds. The van der Waals surface area contributed by atoms with E-state index in [0.717, 1.165) is 66.2 Å². The third-order valence-electron chi connectivity index (χ3n) is 6.68. The van der Waals surface area contributed by atoms with Gasteiger partial charge in [-0.2, -0.15) is 0 Å². The van der Waals surface area contributed by atoms with Gasteiger partial charge in [0.1, 0.15) is 18.2 Å². The Labute approximate surface area is 228 Å². The molecule has 4 heterocycles. The van der Waals surface area contributed by atoms with Gasteiger partial charge in [0.05, 0.1) is 18.7 Å². The minimum absolute atomic E-state index is 0.105. The zero-order valence-electron chi connectivity index (χ0n) is 20.5. The second-order valence-corrected chi connectivity index (χ2v) is 10.5. The summed E-state index contributed by atoms with van der Waals surface area (Å²) in [5, 5.41) is 0.365. The molecule has 5 rings (SSSR count). The van der Waals surface area contributed by atoms with E-state index in [9.17, 15) is 4.39 Å². The second-order valence-electron chi connectivity index (χ2n) is 9.14. The predicted octanol–water partition coefficient (Wildman–Crippen LogP) is 5.99. The number of benzene rings is 1. The van der Waals surface area contributed by atoms with Crippen LogP contribution < -0.4 is 4.74 Å². The Kier molecular flexibility index (Phi) is 8.34. The molecule has 4 aromatic rings. The fourth-order valence-electron chi connectivity index (χ4n) is 4.70. The molecule has 0 radical (unpaired) electrons. The normalized spacial score (nSPS) is 14.9. The summed E-state index contributed by atoms with van der Waals surface area (Å²) >= 11 is 9.36. The average Bonchev–Trinajstić information content (AvgIpc) is 3.23. The molecular weight excluding hydrogens is 561 g/mol. The molecule has 10 heteroatoms. The molecule has 0 unspecified atom stereocenters. The van der Waals surface area contributed by atoms with Crippen LogP contribution >= 0.6 is 27.5 Å². The van der Waals surface area contributed by atoms with Crippen LogP contribution in [0.15, 0.2) is 53.1 Å². The number of hydrogen-bond acceptors (Lipinski definition) is 6. The molecule has 0 spiro atoms. The number of rotatable bonds is 9. The van der Waals surface area contributed by atoms with Crippen molar-refractivity contribution in [1.82, 2.24) is 24.4 Å². The Morgan fingerprint density at radius 1 is 1.14 bits per heavy atom. The number of methoxy groups -OCH3 is 1. The first-order chi connectivity index (χ1) is 18.0. The first-order valence-corrected chi connectivity index (χ1v) is 13.4. The van der Waals surface area contributed by atoms with Gasteiger partial charge in [-0.05, 0) is 66.1 Å². The van der Waals surface area contributed by atoms with Crippen molar-refractivity contribution in [2.24, 2.45) is 0 Å². The third-order valence-corrected chi connectivity index (χ3v) is 7.35. The van der Waals surface area contributed by atoms with Gasteiger partial charge in [0.15, 0.2) is 5.65 Å². The minimum Gasteiger partial charge on any atom is -0.473 e. The number of imidazole rings is 1. The molecule has 0 N–H and O–H groups in total. The Morgan fingerprint density at radius 3 is 2.76 bits per heavy atom. The second kappa shape index (κ2) is 11.9. The van der Waals surface area contributed by atoms with Crippen LogP contribution in [0.4, 0.5) is 4.39 Å². The lowest BCUT2D eigenvalue weighted by atomic mass is 9.93. The van der Waals surface area contributed by atoms with Crippen LogP contribution in [-0.2, 0) is 24.4 Å². The molecule has 1 aliphatic heterocycles. The van der Waals surface area contributed by atoms with Crippen molar-refractivity contribution in [3.63, 3.8) is 0 Å². The van der Waals surface area contributed by atoms with Crippen molar-refractivity contribution in [2.75, 3.05) is 26.8 Å². The van der Waals surface area contributed by atoms with Crippen molar-refractivity contribution in [3.05, 3.63) is 81.1 Å². The highest BCUT2D eigenvalue weighted by Crippen LogP contribution is 2.29. The molecule has 0 bridgehead atoms. The lowest BCUT2D eigenvalue weighted by molar-refractivity contribution is 0.178. The average molecular weight is 589 g/mol. The van der Waals surface area contributed by atoms with E-state index in [0.29, 0.717) is 29.0 Å². The molecule has 0 aliphatic carbocycles. The molecule has 194 valence electrons. The van der Waals surface area contributed by atoms with Gasteiger partial charge in [0.2, 0.25) is 5.88 Å². The highest BCUT2D eigenvalue weighted by atomic mass is 79.9. The third kappa shape index (κ3) is 6.29. The summed E-state index contributed by atoms with van der Waals surface area (Å²) < 4.78 is 28.3. The van der Waals surface area contributed by atoms with Crippen LogP contribution in [0.5, 0.6) is 5.88 Å². The Hall–Kier alpha value is -2.59. The van der Waals surface area contributed by atoms with Gasteiger partial charge >= 0.3 is 0 Å². The molecule has 1 aromatic carbocycles. The number of pyridine rings is 2. The molecule has 1 fully saturated rings. The highest BCUT2D eigenvalue weighted by molar-refractivity contribution is 9.10. The van der Waals surface area contributed by atoms with E-state index in [1.54, 1.807) is 25.4 Å². The first kappa shape index (κ1) is 26.0. The molecule has 37 heavy (non-hydrogen) atoms. The Balaban J connectivity index is 1.21. The fraction of sp³-hybridized carbons (Fsp3) is 0.370. The van der Waals surface area contributed by atoms with E-state index in [1.807, 2.05) is 18.2 Å². The van der Waals surface area contributed by atoms with Gasteiger partial charge < -0.3 is 14.0 Å². The van der Waals surface area contributed by atoms with Crippen molar-refractivity contribution in [3.8, 4) is 5.88 Å². The van der Waals surface area contributed by atoms with Gasteiger partial charge in [-0.3, -0.25) is 4.90 Å². The summed E-state index contributed by atoms with van der Waals surface area (Å²) in [6.07, 6.45) is 3.76. The summed E-state index contributed by atoms with van der Waals surface area (Å²) in [4.78, 5) is 16.4.